The number of hydrogen-bond donors (Lipinski definition) is 2. The fraction of sp³-hybridized carbons (Fsp3) is 0.556. The monoisotopic (exact) mass is 329 g/mol. The molecule has 128 valence electrons. The van der Waals surface area contributed by atoms with Crippen LogP contribution in [0.15, 0.2) is 18.2 Å². The highest BCUT2D eigenvalue weighted by molar-refractivity contribution is 6.05. The number of H-pyrrole nitrogens is 1. The Kier molecular flexibility index (Phi) is 3.62. The molecular formula is C18H23N3O3. The van der Waals surface area contributed by atoms with E-state index >= 15 is 0 Å². The van der Waals surface area contributed by atoms with E-state index in [9.17, 15) is 4.79 Å². The summed E-state index contributed by atoms with van der Waals surface area (Å²) in [6, 6.07) is 5.95. The van der Waals surface area contributed by atoms with Crippen molar-refractivity contribution >= 4 is 16.8 Å². The van der Waals surface area contributed by atoms with Crippen LogP contribution < -0.4 is 5.32 Å². The number of amides is 1. The van der Waals surface area contributed by atoms with Crippen molar-refractivity contribution < 1.29 is 14.3 Å². The highest BCUT2D eigenvalue weighted by atomic mass is 16.7. The summed E-state index contributed by atoms with van der Waals surface area (Å²) in [7, 11) is 0. The molecule has 6 heteroatoms. The highest BCUT2D eigenvalue weighted by Gasteiger charge is 2.45. The van der Waals surface area contributed by atoms with Crippen molar-refractivity contribution in [3.8, 4) is 0 Å². The van der Waals surface area contributed by atoms with Crippen molar-refractivity contribution in [2.45, 2.75) is 50.9 Å². The first kappa shape index (κ1) is 15.6. The average Bonchev–Trinajstić information content (AvgIpc) is 3.18. The Balaban J connectivity index is 1.50. The number of aromatic amines is 1. The fourth-order valence-corrected chi connectivity index (χ4v) is 3.73. The van der Waals surface area contributed by atoms with Crippen LogP contribution in [-0.4, -0.2) is 40.6 Å². The predicted octanol–water partition coefficient (Wildman–Crippen LogP) is 2.68. The van der Waals surface area contributed by atoms with Gasteiger partial charge in [0, 0.05) is 23.8 Å². The molecule has 1 aliphatic carbocycles. The molecule has 2 N–H and O–H groups in total. The Morgan fingerprint density at radius 3 is 2.62 bits per heavy atom. The molecular weight excluding hydrogens is 306 g/mol. The van der Waals surface area contributed by atoms with E-state index < -0.39 is 5.79 Å². The van der Waals surface area contributed by atoms with E-state index in [0.717, 1.165) is 42.1 Å². The Bertz CT molecular complexity index is 767. The third-order valence-corrected chi connectivity index (χ3v) is 5.28. The number of benzene rings is 1. The molecule has 1 aromatic carbocycles. The third-order valence-electron chi connectivity index (χ3n) is 5.28. The minimum absolute atomic E-state index is 0.126. The van der Waals surface area contributed by atoms with Crippen molar-refractivity contribution in [3.63, 3.8) is 0 Å². The van der Waals surface area contributed by atoms with Gasteiger partial charge in [-0.15, -0.1) is 0 Å². The van der Waals surface area contributed by atoms with Crippen LogP contribution in [0.3, 0.4) is 0 Å². The first-order chi connectivity index (χ1) is 11.5. The van der Waals surface area contributed by atoms with Crippen LogP contribution in [0.5, 0.6) is 0 Å². The lowest BCUT2D eigenvalue weighted by atomic mass is 9.80. The van der Waals surface area contributed by atoms with Gasteiger partial charge in [0.25, 0.3) is 5.91 Å². The second kappa shape index (κ2) is 5.57. The number of fused-ring (bicyclic) bond motifs is 1. The maximum atomic E-state index is 12.8. The van der Waals surface area contributed by atoms with Gasteiger partial charge in [-0.2, -0.15) is 5.10 Å². The van der Waals surface area contributed by atoms with Crippen LogP contribution in [0.4, 0.5) is 0 Å². The lowest BCUT2D eigenvalue weighted by molar-refractivity contribution is -0.184. The average molecular weight is 329 g/mol. The maximum absolute atomic E-state index is 12.8. The van der Waals surface area contributed by atoms with E-state index in [1.807, 2.05) is 25.1 Å². The number of hydrogen-bond acceptors (Lipinski definition) is 4. The molecule has 24 heavy (non-hydrogen) atoms. The topological polar surface area (TPSA) is 76.2 Å². The molecule has 1 saturated heterocycles. The van der Waals surface area contributed by atoms with Crippen LogP contribution in [0, 0.1) is 6.92 Å². The quantitative estimate of drug-likeness (QED) is 0.888. The summed E-state index contributed by atoms with van der Waals surface area (Å²) in [6.07, 6.45) is 3.29. The van der Waals surface area contributed by atoms with E-state index in [-0.39, 0.29) is 11.4 Å². The van der Waals surface area contributed by atoms with Crippen LogP contribution >= 0.6 is 0 Å². The van der Waals surface area contributed by atoms with Gasteiger partial charge < -0.3 is 14.8 Å². The molecule has 0 bridgehead atoms. The number of aryl methyl sites for hydroxylation is 1. The van der Waals surface area contributed by atoms with Crippen molar-refractivity contribution in [2.24, 2.45) is 0 Å². The predicted molar refractivity (Wildman–Crippen MR) is 89.8 cm³/mol. The molecule has 2 fully saturated rings. The number of nitrogens with zero attached hydrogens (tertiary/aromatic N) is 1. The molecule has 2 aliphatic rings. The van der Waals surface area contributed by atoms with E-state index in [4.69, 9.17) is 9.47 Å². The second-order valence-corrected chi connectivity index (χ2v) is 7.24. The molecule has 2 aromatic rings. The second-order valence-electron chi connectivity index (χ2n) is 7.24. The molecule has 4 rings (SSSR count). The van der Waals surface area contributed by atoms with Gasteiger partial charge in [-0.25, -0.2) is 0 Å². The minimum Gasteiger partial charge on any atom is -0.348 e. The summed E-state index contributed by atoms with van der Waals surface area (Å²) in [5, 5.41) is 11.2. The zero-order valence-corrected chi connectivity index (χ0v) is 14.1. The number of carbonyl (C=O) groups excluding carboxylic acids is 1. The summed E-state index contributed by atoms with van der Waals surface area (Å²) < 4.78 is 11.5. The standard InChI is InChI=1S/C18H23N3O3/c1-12-3-4-14-13(11-12)15(21-20-14)16(22)19-17(2)5-7-18(8-6-17)23-9-10-24-18/h3-4,11H,5-10H2,1-2H3,(H,19,22)(H,20,21). The zero-order chi connectivity index (χ0) is 16.8. The van der Waals surface area contributed by atoms with Crippen molar-refractivity contribution in [2.75, 3.05) is 13.2 Å². The zero-order valence-electron chi connectivity index (χ0n) is 14.1. The van der Waals surface area contributed by atoms with E-state index in [0.29, 0.717) is 18.9 Å². The number of nitrogens with one attached hydrogen (secondary N) is 2. The van der Waals surface area contributed by atoms with Gasteiger partial charge in [-0.3, -0.25) is 9.89 Å². The molecule has 1 aromatic heterocycles. The largest absolute Gasteiger partial charge is 0.348 e. The summed E-state index contributed by atoms with van der Waals surface area (Å²) in [6.45, 7) is 5.44. The van der Waals surface area contributed by atoms with Crippen molar-refractivity contribution in [1.82, 2.24) is 15.5 Å². The number of aromatic nitrogens is 2. The van der Waals surface area contributed by atoms with Gasteiger partial charge in [-0.1, -0.05) is 11.6 Å². The lowest BCUT2D eigenvalue weighted by Crippen LogP contribution is -2.52. The van der Waals surface area contributed by atoms with Gasteiger partial charge >= 0.3 is 0 Å². The molecule has 0 unspecified atom stereocenters. The fourth-order valence-electron chi connectivity index (χ4n) is 3.73. The molecule has 2 heterocycles. The molecule has 0 radical (unpaired) electrons. The van der Waals surface area contributed by atoms with E-state index in [1.165, 1.54) is 0 Å². The van der Waals surface area contributed by atoms with Gasteiger partial charge in [0.15, 0.2) is 11.5 Å². The Morgan fingerprint density at radius 1 is 1.21 bits per heavy atom. The van der Waals surface area contributed by atoms with Crippen LogP contribution in [-0.2, 0) is 9.47 Å². The molecule has 1 saturated carbocycles. The van der Waals surface area contributed by atoms with Gasteiger partial charge in [0.2, 0.25) is 0 Å². The summed E-state index contributed by atoms with van der Waals surface area (Å²) in [5.74, 6) is -0.543. The smallest absolute Gasteiger partial charge is 0.272 e. The van der Waals surface area contributed by atoms with E-state index in [2.05, 4.69) is 22.4 Å². The minimum atomic E-state index is -0.416. The van der Waals surface area contributed by atoms with Crippen LogP contribution in [0.1, 0.15) is 48.7 Å². The summed E-state index contributed by atoms with van der Waals surface area (Å²) in [4.78, 5) is 12.8. The molecule has 1 aliphatic heterocycles. The Labute approximate surface area is 140 Å². The third kappa shape index (κ3) is 2.70. The number of rotatable bonds is 2. The van der Waals surface area contributed by atoms with Crippen molar-refractivity contribution in [3.05, 3.63) is 29.5 Å². The molecule has 1 spiro atoms. The molecule has 6 nitrogen and oxygen atoms in total. The van der Waals surface area contributed by atoms with Crippen molar-refractivity contribution in [1.29, 1.82) is 0 Å². The van der Waals surface area contributed by atoms with Crippen LogP contribution in [0.25, 0.3) is 10.9 Å². The summed E-state index contributed by atoms with van der Waals surface area (Å²) >= 11 is 0. The first-order valence-electron chi connectivity index (χ1n) is 8.54. The van der Waals surface area contributed by atoms with Gasteiger partial charge in [-0.05, 0) is 38.8 Å². The Hall–Kier alpha value is -1.92. The normalized spacial score (nSPS) is 22.1. The number of ether oxygens (including phenoxy) is 2. The molecule has 1 amide bonds. The highest BCUT2D eigenvalue weighted by Crippen LogP contribution is 2.40. The van der Waals surface area contributed by atoms with Gasteiger partial charge in [0.05, 0.1) is 18.7 Å². The Morgan fingerprint density at radius 2 is 1.92 bits per heavy atom. The van der Waals surface area contributed by atoms with Gasteiger partial charge in [0.1, 0.15) is 0 Å². The first-order valence-corrected chi connectivity index (χ1v) is 8.54. The molecule has 0 atom stereocenters. The lowest BCUT2D eigenvalue weighted by Gasteiger charge is -2.41. The summed E-state index contributed by atoms with van der Waals surface area (Å²) in [5.41, 5.74) is 2.20. The van der Waals surface area contributed by atoms with Crippen LogP contribution in [0.2, 0.25) is 0 Å². The number of carbonyl (C=O) groups is 1. The maximum Gasteiger partial charge on any atom is 0.272 e. The SMILES string of the molecule is Cc1ccc2[nH]nc(C(=O)NC3(C)CCC4(CC3)OCCO4)c2c1. The van der Waals surface area contributed by atoms with E-state index in [1.54, 1.807) is 0 Å².